The van der Waals surface area contributed by atoms with Gasteiger partial charge in [0.15, 0.2) is 0 Å². The van der Waals surface area contributed by atoms with Gasteiger partial charge >= 0.3 is 5.97 Å². The molecule has 1 aliphatic heterocycles. The topological polar surface area (TPSA) is 26.3 Å². The van der Waals surface area contributed by atoms with E-state index in [1.54, 1.807) is 0 Å². The second kappa shape index (κ2) is 2.61. The molecule has 2 rings (SSSR count). The van der Waals surface area contributed by atoms with Crippen molar-refractivity contribution in [1.29, 1.82) is 0 Å². The summed E-state index contributed by atoms with van der Waals surface area (Å²) >= 11 is 0. The standard InChI is InChI=1S/C10H14O2/c1-6-3-4-8-7(2)10(11)12-9(8)5-6/h6-7H,3-5H2,1-2H3/t6-,7+/m0/s1. The molecule has 0 saturated carbocycles. The molecular weight excluding hydrogens is 152 g/mol. The van der Waals surface area contributed by atoms with Crippen LogP contribution in [0.15, 0.2) is 11.3 Å². The van der Waals surface area contributed by atoms with E-state index in [9.17, 15) is 4.79 Å². The number of esters is 1. The van der Waals surface area contributed by atoms with E-state index in [-0.39, 0.29) is 11.9 Å². The Balaban J connectivity index is 2.23. The van der Waals surface area contributed by atoms with Crippen LogP contribution in [0.3, 0.4) is 0 Å². The van der Waals surface area contributed by atoms with Crippen LogP contribution < -0.4 is 0 Å². The number of carbonyl (C=O) groups is 1. The Kier molecular flexibility index (Phi) is 1.71. The summed E-state index contributed by atoms with van der Waals surface area (Å²) in [7, 11) is 0. The van der Waals surface area contributed by atoms with E-state index in [2.05, 4.69) is 6.92 Å². The number of hydrogen-bond acceptors (Lipinski definition) is 2. The quantitative estimate of drug-likeness (QED) is 0.516. The van der Waals surface area contributed by atoms with Crippen LogP contribution in [0.5, 0.6) is 0 Å². The number of rotatable bonds is 0. The molecule has 2 heteroatoms. The highest BCUT2D eigenvalue weighted by Gasteiger charge is 2.34. The van der Waals surface area contributed by atoms with Gasteiger partial charge in [0, 0.05) is 6.42 Å². The average Bonchev–Trinajstić information content (AvgIpc) is 2.28. The van der Waals surface area contributed by atoms with Crippen molar-refractivity contribution < 1.29 is 9.53 Å². The molecule has 0 aromatic rings. The third-order valence-electron chi connectivity index (χ3n) is 2.90. The molecule has 0 aromatic carbocycles. The lowest BCUT2D eigenvalue weighted by Crippen LogP contribution is -2.08. The summed E-state index contributed by atoms with van der Waals surface area (Å²) in [4.78, 5) is 11.2. The Morgan fingerprint density at radius 3 is 2.92 bits per heavy atom. The highest BCUT2D eigenvalue weighted by Crippen LogP contribution is 2.38. The fourth-order valence-electron chi connectivity index (χ4n) is 2.01. The number of carbonyl (C=O) groups excluding carboxylic acids is 1. The maximum Gasteiger partial charge on any atom is 0.317 e. The SMILES string of the molecule is C[C@H]1CCC2=C(C1)OC(=O)[C@@H]2C. The maximum atomic E-state index is 11.2. The predicted octanol–water partition coefficient (Wildman–Crippen LogP) is 2.25. The summed E-state index contributed by atoms with van der Waals surface area (Å²) in [6.45, 7) is 4.15. The summed E-state index contributed by atoms with van der Waals surface area (Å²) in [5, 5.41) is 0. The summed E-state index contributed by atoms with van der Waals surface area (Å²) in [6, 6.07) is 0. The average molecular weight is 166 g/mol. The molecule has 2 aliphatic rings. The van der Waals surface area contributed by atoms with Crippen LogP contribution in [0.25, 0.3) is 0 Å². The van der Waals surface area contributed by atoms with Crippen LogP contribution in [-0.4, -0.2) is 5.97 Å². The maximum absolute atomic E-state index is 11.2. The molecule has 0 amide bonds. The summed E-state index contributed by atoms with van der Waals surface area (Å²) in [5.74, 6) is 1.65. The van der Waals surface area contributed by atoms with Gasteiger partial charge in [-0.25, -0.2) is 0 Å². The zero-order valence-electron chi connectivity index (χ0n) is 7.59. The third kappa shape index (κ3) is 1.06. The zero-order chi connectivity index (χ0) is 8.72. The molecular formula is C10H14O2. The Labute approximate surface area is 72.6 Å². The fourth-order valence-corrected chi connectivity index (χ4v) is 2.01. The van der Waals surface area contributed by atoms with Gasteiger partial charge in [0.25, 0.3) is 0 Å². The van der Waals surface area contributed by atoms with Crippen molar-refractivity contribution >= 4 is 5.97 Å². The van der Waals surface area contributed by atoms with Gasteiger partial charge in [-0.3, -0.25) is 4.79 Å². The lowest BCUT2D eigenvalue weighted by Gasteiger charge is -2.18. The number of hydrogen-bond donors (Lipinski definition) is 0. The first kappa shape index (κ1) is 7.84. The van der Waals surface area contributed by atoms with E-state index < -0.39 is 0 Å². The van der Waals surface area contributed by atoms with Crippen LogP contribution >= 0.6 is 0 Å². The zero-order valence-corrected chi connectivity index (χ0v) is 7.59. The van der Waals surface area contributed by atoms with E-state index in [1.165, 1.54) is 12.0 Å². The molecule has 0 radical (unpaired) electrons. The smallest absolute Gasteiger partial charge is 0.317 e. The van der Waals surface area contributed by atoms with E-state index in [0.29, 0.717) is 5.92 Å². The van der Waals surface area contributed by atoms with Gasteiger partial charge in [-0.05, 0) is 31.3 Å². The van der Waals surface area contributed by atoms with E-state index in [0.717, 1.165) is 18.6 Å². The van der Waals surface area contributed by atoms with Gasteiger partial charge in [0.2, 0.25) is 0 Å². The third-order valence-corrected chi connectivity index (χ3v) is 2.90. The summed E-state index contributed by atoms with van der Waals surface area (Å²) in [5.41, 5.74) is 1.26. The molecule has 0 aromatic heterocycles. The van der Waals surface area contributed by atoms with Crippen molar-refractivity contribution in [3.8, 4) is 0 Å². The Hall–Kier alpha value is -0.790. The van der Waals surface area contributed by atoms with Crippen molar-refractivity contribution in [3.05, 3.63) is 11.3 Å². The lowest BCUT2D eigenvalue weighted by molar-refractivity contribution is -0.139. The van der Waals surface area contributed by atoms with Gasteiger partial charge in [-0.1, -0.05) is 6.92 Å². The lowest BCUT2D eigenvalue weighted by atomic mass is 9.86. The molecule has 0 saturated heterocycles. The summed E-state index contributed by atoms with van der Waals surface area (Å²) < 4.78 is 5.19. The highest BCUT2D eigenvalue weighted by atomic mass is 16.5. The minimum Gasteiger partial charge on any atom is -0.431 e. The molecule has 0 fully saturated rings. The van der Waals surface area contributed by atoms with Crippen LogP contribution in [-0.2, 0) is 9.53 Å². The Morgan fingerprint density at radius 2 is 2.17 bits per heavy atom. The molecule has 12 heavy (non-hydrogen) atoms. The van der Waals surface area contributed by atoms with E-state index in [1.807, 2.05) is 6.92 Å². The molecule has 0 unspecified atom stereocenters. The Morgan fingerprint density at radius 1 is 1.42 bits per heavy atom. The van der Waals surface area contributed by atoms with E-state index in [4.69, 9.17) is 4.74 Å². The van der Waals surface area contributed by atoms with Gasteiger partial charge in [0.1, 0.15) is 5.76 Å². The first-order valence-electron chi connectivity index (χ1n) is 4.62. The number of allylic oxidation sites excluding steroid dienone is 1. The molecule has 0 spiro atoms. The van der Waals surface area contributed by atoms with Crippen molar-refractivity contribution in [2.45, 2.75) is 33.1 Å². The van der Waals surface area contributed by atoms with Crippen LogP contribution in [0.1, 0.15) is 33.1 Å². The largest absolute Gasteiger partial charge is 0.431 e. The predicted molar refractivity (Wildman–Crippen MR) is 45.3 cm³/mol. The minimum atomic E-state index is -0.0471. The second-order valence-electron chi connectivity index (χ2n) is 3.94. The molecule has 1 heterocycles. The van der Waals surface area contributed by atoms with Crippen LogP contribution in [0, 0.1) is 11.8 Å². The first-order valence-corrected chi connectivity index (χ1v) is 4.62. The molecule has 0 bridgehead atoms. The van der Waals surface area contributed by atoms with Crippen molar-refractivity contribution in [2.75, 3.05) is 0 Å². The second-order valence-corrected chi connectivity index (χ2v) is 3.94. The van der Waals surface area contributed by atoms with Crippen molar-refractivity contribution in [2.24, 2.45) is 11.8 Å². The van der Waals surface area contributed by atoms with Gasteiger partial charge < -0.3 is 4.74 Å². The van der Waals surface area contributed by atoms with E-state index >= 15 is 0 Å². The number of ether oxygens (including phenoxy) is 1. The molecule has 1 aliphatic carbocycles. The summed E-state index contributed by atoms with van der Waals surface area (Å²) in [6.07, 6.45) is 3.23. The fraction of sp³-hybridized carbons (Fsp3) is 0.700. The monoisotopic (exact) mass is 166 g/mol. The molecule has 0 N–H and O–H groups in total. The highest BCUT2D eigenvalue weighted by molar-refractivity contribution is 5.79. The van der Waals surface area contributed by atoms with Gasteiger partial charge in [-0.2, -0.15) is 0 Å². The van der Waals surface area contributed by atoms with Gasteiger partial charge in [0.05, 0.1) is 5.92 Å². The normalized spacial score (nSPS) is 35.0. The van der Waals surface area contributed by atoms with Crippen LogP contribution in [0.2, 0.25) is 0 Å². The van der Waals surface area contributed by atoms with Gasteiger partial charge in [-0.15, -0.1) is 0 Å². The molecule has 66 valence electrons. The molecule has 2 atom stereocenters. The van der Waals surface area contributed by atoms with Crippen molar-refractivity contribution in [1.82, 2.24) is 0 Å². The first-order chi connectivity index (χ1) is 5.68. The van der Waals surface area contributed by atoms with Crippen LogP contribution in [0.4, 0.5) is 0 Å². The minimum absolute atomic E-state index is 0.0347. The Bertz CT molecular complexity index is 253. The molecule has 2 nitrogen and oxygen atoms in total. The van der Waals surface area contributed by atoms with Crippen molar-refractivity contribution in [3.63, 3.8) is 0 Å².